The summed E-state index contributed by atoms with van der Waals surface area (Å²) in [6, 6.07) is 11.5. The average Bonchev–Trinajstić information content (AvgIpc) is 3.34. The number of amides is 1. The van der Waals surface area contributed by atoms with Crippen LogP contribution in [0, 0.1) is 0 Å². The predicted molar refractivity (Wildman–Crippen MR) is 93.2 cm³/mol. The van der Waals surface area contributed by atoms with Crippen LogP contribution >= 0.6 is 11.3 Å². The quantitative estimate of drug-likeness (QED) is 0.575. The molecule has 0 unspecified atom stereocenters. The molecule has 0 aliphatic rings. The summed E-state index contributed by atoms with van der Waals surface area (Å²) in [6.07, 6.45) is 2.42. The molecule has 0 aliphatic heterocycles. The van der Waals surface area contributed by atoms with Gasteiger partial charge in [0.15, 0.2) is 5.76 Å². The monoisotopic (exact) mass is 353 g/mol. The van der Waals surface area contributed by atoms with Crippen LogP contribution in [-0.4, -0.2) is 32.2 Å². The fourth-order valence-corrected chi connectivity index (χ4v) is 3.37. The molecule has 4 rings (SSSR count). The van der Waals surface area contributed by atoms with Crippen molar-refractivity contribution in [3.63, 3.8) is 0 Å². The molecular formula is C17H15N5O2S. The number of thiazole rings is 1. The summed E-state index contributed by atoms with van der Waals surface area (Å²) in [5.74, 6) is 0.577. The summed E-state index contributed by atoms with van der Waals surface area (Å²) >= 11 is 1.54. The zero-order valence-corrected chi connectivity index (χ0v) is 14.1. The van der Waals surface area contributed by atoms with E-state index in [1.807, 2.05) is 35.7 Å². The molecule has 7 nitrogen and oxygen atoms in total. The second kappa shape index (κ2) is 6.86. The molecule has 3 heterocycles. The number of hydrogen-bond acceptors (Lipinski definition) is 6. The Kier molecular flexibility index (Phi) is 4.26. The molecule has 0 atom stereocenters. The van der Waals surface area contributed by atoms with Gasteiger partial charge >= 0.3 is 0 Å². The number of carbonyl (C=O) groups excluding carboxylic acids is 1. The number of hydrogen-bond donors (Lipinski definition) is 1. The summed E-state index contributed by atoms with van der Waals surface area (Å²) in [5.41, 5.74) is 2.59. The number of fused-ring (bicyclic) bond motifs is 1. The zero-order chi connectivity index (χ0) is 17.1. The lowest BCUT2D eigenvalue weighted by Gasteiger charge is -2.02. The van der Waals surface area contributed by atoms with Gasteiger partial charge in [0.25, 0.3) is 0 Å². The highest BCUT2D eigenvalue weighted by Gasteiger charge is 2.11. The third-order valence-corrected chi connectivity index (χ3v) is 4.63. The van der Waals surface area contributed by atoms with E-state index in [-0.39, 0.29) is 12.3 Å². The van der Waals surface area contributed by atoms with E-state index in [0.29, 0.717) is 24.4 Å². The van der Waals surface area contributed by atoms with Gasteiger partial charge in [-0.3, -0.25) is 4.79 Å². The van der Waals surface area contributed by atoms with Crippen LogP contribution in [0.3, 0.4) is 0 Å². The van der Waals surface area contributed by atoms with Gasteiger partial charge in [0.2, 0.25) is 10.9 Å². The lowest BCUT2D eigenvalue weighted by atomic mass is 10.1. The Bertz CT molecular complexity index is 989. The van der Waals surface area contributed by atoms with E-state index < -0.39 is 0 Å². The van der Waals surface area contributed by atoms with E-state index in [1.54, 1.807) is 10.6 Å². The first-order chi connectivity index (χ1) is 12.3. The fraction of sp³-hybridized carbons (Fsp3) is 0.176. The minimum atomic E-state index is -0.0852. The van der Waals surface area contributed by atoms with Crippen LogP contribution in [0.4, 0.5) is 0 Å². The summed E-state index contributed by atoms with van der Waals surface area (Å²) in [7, 11) is 0. The minimum absolute atomic E-state index is 0.0852. The third kappa shape index (κ3) is 3.43. The SMILES string of the molecule is O=C(Cc1cc(-c2ccccc2)on1)NCCc1csc2ncnn12. The molecule has 25 heavy (non-hydrogen) atoms. The van der Waals surface area contributed by atoms with Crippen LogP contribution in [0.15, 0.2) is 52.6 Å². The van der Waals surface area contributed by atoms with Gasteiger partial charge in [0.05, 0.1) is 17.8 Å². The Morgan fingerprint density at radius 1 is 1.28 bits per heavy atom. The van der Waals surface area contributed by atoms with Crippen molar-refractivity contribution in [1.29, 1.82) is 0 Å². The van der Waals surface area contributed by atoms with E-state index in [9.17, 15) is 4.79 Å². The van der Waals surface area contributed by atoms with Crippen LogP contribution in [0.25, 0.3) is 16.3 Å². The molecule has 0 saturated heterocycles. The average molecular weight is 353 g/mol. The molecule has 1 amide bonds. The van der Waals surface area contributed by atoms with Crippen LogP contribution < -0.4 is 5.32 Å². The van der Waals surface area contributed by atoms with Gasteiger partial charge in [-0.05, 0) is 0 Å². The lowest BCUT2D eigenvalue weighted by Crippen LogP contribution is -2.27. The highest BCUT2D eigenvalue weighted by atomic mass is 32.1. The number of nitrogens with zero attached hydrogens (tertiary/aromatic N) is 4. The van der Waals surface area contributed by atoms with Gasteiger partial charge in [0, 0.05) is 30.0 Å². The van der Waals surface area contributed by atoms with Crippen LogP contribution in [0.1, 0.15) is 11.4 Å². The summed E-state index contributed by atoms with van der Waals surface area (Å²) < 4.78 is 7.10. The van der Waals surface area contributed by atoms with Gasteiger partial charge < -0.3 is 9.84 Å². The molecule has 0 aliphatic carbocycles. The molecule has 0 bridgehead atoms. The summed E-state index contributed by atoms with van der Waals surface area (Å²) in [6.45, 7) is 0.536. The maximum absolute atomic E-state index is 12.1. The topological polar surface area (TPSA) is 85.3 Å². The van der Waals surface area contributed by atoms with Gasteiger partial charge in [-0.2, -0.15) is 5.10 Å². The Labute approximate surface area is 147 Å². The molecular weight excluding hydrogens is 338 g/mol. The molecule has 0 radical (unpaired) electrons. The van der Waals surface area contributed by atoms with Crippen molar-refractivity contribution in [1.82, 2.24) is 25.1 Å². The zero-order valence-electron chi connectivity index (χ0n) is 13.3. The lowest BCUT2D eigenvalue weighted by molar-refractivity contribution is -0.120. The molecule has 4 aromatic rings. The Morgan fingerprint density at radius 3 is 3.04 bits per heavy atom. The van der Waals surface area contributed by atoms with E-state index in [4.69, 9.17) is 4.52 Å². The van der Waals surface area contributed by atoms with Crippen molar-refractivity contribution >= 4 is 22.2 Å². The van der Waals surface area contributed by atoms with E-state index >= 15 is 0 Å². The number of carbonyl (C=O) groups is 1. The number of nitrogens with one attached hydrogen (secondary N) is 1. The number of rotatable bonds is 6. The van der Waals surface area contributed by atoms with Gasteiger partial charge in [0.1, 0.15) is 6.33 Å². The first kappa shape index (κ1) is 15.5. The van der Waals surface area contributed by atoms with Gasteiger partial charge in [-0.1, -0.05) is 35.5 Å². The largest absolute Gasteiger partial charge is 0.356 e. The second-order valence-electron chi connectivity index (χ2n) is 5.51. The van der Waals surface area contributed by atoms with Crippen molar-refractivity contribution < 1.29 is 9.32 Å². The molecule has 1 aromatic carbocycles. The molecule has 8 heteroatoms. The minimum Gasteiger partial charge on any atom is -0.356 e. The Balaban J connectivity index is 1.30. The van der Waals surface area contributed by atoms with E-state index in [1.165, 1.54) is 17.7 Å². The summed E-state index contributed by atoms with van der Waals surface area (Å²) in [4.78, 5) is 17.1. The van der Waals surface area contributed by atoms with Crippen molar-refractivity contribution in [2.45, 2.75) is 12.8 Å². The second-order valence-corrected chi connectivity index (χ2v) is 6.34. The molecule has 3 aromatic heterocycles. The maximum Gasteiger partial charge on any atom is 0.226 e. The molecule has 126 valence electrons. The molecule has 1 N–H and O–H groups in total. The maximum atomic E-state index is 12.1. The van der Waals surface area contributed by atoms with E-state index in [2.05, 4.69) is 20.6 Å². The third-order valence-electron chi connectivity index (χ3n) is 3.75. The van der Waals surface area contributed by atoms with Crippen LogP contribution in [-0.2, 0) is 17.6 Å². The number of aromatic nitrogens is 4. The van der Waals surface area contributed by atoms with Crippen molar-refractivity contribution in [2.75, 3.05) is 6.54 Å². The highest BCUT2D eigenvalue weighted by molar-refractivity contribution is 7.15. The smallest absolute Gasteiger partial charge is 0.226 e. The van der Waals surface area contributed by atoms with Crippen LogP contribution in [0.2, 0.25) is 0 Å². The normalized spacial score (nSPS) is 11.0. The fourth-order valence-electron chi connectivity index (χ4n) is 2.53. The Hall–Kier alpha value is -3.00. The molecule has 0 fully saturated rings. The van der Waals surface area contributed by atoms with Crippen molar-refractivity contribution in [3.05, 3.63) is 59.5 Å². The van der Waals surface area contributed by atoms with Crippen molar-refractivity contribution in [3.8, 4) is 11.3 Å². The summed E-state index contributed by atoms with van der Waals surface area (Å²) in [5, 5.41) is 13.0. The molecule has 0 saturated carbocycles. The van der Waals surface area contributed by atoms with Gasteiger partial charge in [-0.25, -0.2) is 9.50 Å². The first-order valence-corrected chi connectivity index (χ1v) is 8.71. The molecule has 0 spiro atoms. The standard InChI is InChI=1S/C17H15N5O2S/c23-16(18-7-6-14-10-25-17-19-11-20-22(14)17)9-13-8-15(24-21-13)12-4-2-1-3-5-12/h1-5,8,10-11H,6-7,9H2,(H,18,23). The first-order valence-electron chi connectivity index (χ1n) is 7.83. The van der Waals surface area contributed by atoms with Crippen molar-refractivity contribution in [2.24, 2.45) is 0 Å². The predicted octanol–water partition coefficient (Wildman–Crippen LogP) is 2.35. The highest BCUT2D eigenvalue weighted by Crippen LogP contribution is 2.19. The van der Waals surface area contributed by atoms with E-state index in [0.717, 1.165) is 16.2 Å². The van der Waals surface area contributed by atoms with Gasteiger partial charge in [-0.15, -0.1) is 11.3 Å². The van der Waals surface area contributed by atoms with Crippen LogP contribution in [0.5, 0.6) is 0 Å². The number of benzene rings is 1. The Morgan fingerprint density at radius 2 is 2.16 bits per heavy atom.